The van der Waals surface area contributed by atoms with Gasteiger partial charge in [-0.25, -0.2) is 0 Å². The summed E-state index contributed by atoms with van der Waals surface area (Å²) in [5.74, 6) is 0.282. The second-order valence-corrected chi connectivity index (χ2v) is 4.46. The van der Waals surface area contributed by atoms with Crippen LogP contribution in [-0.2, 0) is 11.2 Å². The van der Waals surface area contributed by atoms with Gasteiger partial charge in [0.1, 0.15) is 5.76 Å². The minimum Gasteiger partial charge on any atom is -0.469 e. The number of anilines is 1. The predicted octanol–water partition coefficient (Wildman–Crippen LogP) is 3.17. The molecule has 0 bridgehead atoms. The number of carbonyl (C=O) groups is 1. The SMILES string of the molecule is O=C(CCc1ccco1)Nc1ccc2c(c1)OC(F)(F)O2. The molecule has 0 saturated carbocycles. The molecule has 2 aromatic rings. The molecule has 1 aliphatic heterocycles. The summed E-state index contributed by atoms with van der Waals surface area (Å²) in [4.78, 5) is 11.8. The third-order valence-corrected chi connectivity index (χ3v) is 2.86. The van der Waals surface area contributed by atoms with E-state index in [2.05, 4.69) is 14.8 Å². The summed E-state index contributed by atoms with van der Waals surface area (Å²) in [5, 5.41) is 2.60. The Hall–Kier alpha value is -2.57. The summed E-state index contributed by atoms with van der Waals surface area (Å²) in [6, 6.07) is 7.59. The molecule has 2 heterocycles. The first-order valence-corrected chi connectivity index (χ1v) is 6.24. The van der Waals surface area contributed by atoms with E-state index < -0.39 is 6.29 Å². The van der Waals surface area contributed by atoms with Crippen molar-refractivity contribution >= 4 is 11.6 Å². The first-order valence-electron chi connectivity index (χ1n) is 6.24. The Morgan fingerprint density at radius 3 is 2.76 bits per heavy atom. The van der Waals surface area contributed by atoms with Gasteiger partial charge in [-0.1, -0.05) is 0 Å². The molecule has 110 valence electrons. The number of hydrogen-bond acceptors (Lipinski definition) is 4. The van der Waals surface area contributed by atoms with Gasteiger partial charge in [0.05, 0.1) is 6.26 Å². The van der Waals surface area contributed by atoms with E-state index in [1.54, 1.807) is 12.1 Å². The second-order valence-electron chi connectivity index (χ2n) is 4.46. The quantitative estimate of drug-likeness (QED) is 0.941. The monoisotopic (exact) mass is 295 g/mol. The number of carbonyl (C=O) groups excluding carboxylic acids is 1. The number of rotatable bonds is 4. The fraction of sp³-hybridized carbons (Fsp3) is 0.214. The average Bonchev–Trinajstić information content (AvgIpc) is 3.01. The lowest BCUT2D eigenvalue weighted by Gasteiger charge is -2.05. The van der Waals surface area contributed by atoms with Gasteiger partial charge < -0.3 is 19.2 Å². The highest BCUT2D eigenvalue weighted by atomic mass is 19.3. The molecule has 7 heteroatoms. The van der Waals surface area contributed by atoms with E-state index in [1.165, 1.54) is 24.5 Å². The molecule has 5 nitrogen and oxygen atoms in total. The lowest BCUT2D eigenvalue weighted by molar-refractivity contribution is -0.286. The summed E-state index contributed by atoms with van der Waals surface area (Å²) < 4.78 is 39.4. The number of furan rings is 1. The smallest absolute Gasteiger partial charge is 0.469 e. The lowest BCUT2D eigenvalue weighted by Crippen LogP contribution is -2.25. The lowest BCUT2D eigenvalue weighted by atomic mass is 10.2. The number of alkyl halides is 2. The molecule has 1 N–H and O–H groups in total. The van der Waals surface area contributed by atoms with Crippen molar-refractivity contribution in [2.45, 2.75) is 19.1 Å². The van der Waals surface area contributed by atoms with Crippen molar-refractivity contribution in [3.63, 3.8) is 0 Å². The molecule has 1 aromatic heterocycles. The third-order valence-electron chi connectivity index (χ3n) is 2.86. The van der Waals surface area contributed by atoms with Gasteiger partial charge in [-0.05, 0) is 24.3 Å². The second kappa shape index (κ2) is 5.08. The van der Waals surface area contributed by atoms with Crippen molar-refractivity contribution < 1.29 is 27.5 Å². The molecular formula is C14H11F2NO4. The van der Waals surface area contributed by atoms with Crippen molar-refractivity contribution in [1.82, 2.24) is 0 Å². The van der Waals surface area contributed by atoms with Gasteiger partial charge in [0.25, 0.3) is 0 Å². The van der Waals surface area contributed by atoms with Crippen LogP contribution in [0.1, 0.15) is 12.2 Å². The van der Waals surface area contributed by atoms with Gasteiger partial charge in [0.2, 0.25) is 5.91 Å². The largest absolute Gasteiger partial charge is 0.586 e. The summed E-state index contributed by atoms with van der Waals surface area (Å²) in [5.41, 5.74) is 0.361. The van der Waals surface area contributed by atoms with E-state index in [9.17, 15) is 13.6 Å². The summed E-state index contributed by atoms with van der Waals surface area (Å²) in [6.45, 7) is 0. The molecule has 0 aliphatic carbocycles. The fourth-order valence-electron chi connectivity index (χ4n) is 1.94. The normalized spacial score (nSPS) is 15.0. The van der Waals surface area contributed by atoms with E-state index in [1.807, 2.05) is 0 Å². The number of aryl methyl sites for hydroxylation is 1. The van der Waals surface area contributed by atoms with E-state index in [0.717, 1.165) is 0 Å². The zero-order valence-corrected chi connectivity index (χ0v) is 10.8. The summed E-state index contributed by atoms with van der Waals surface area (Å²) >= 11 is 0. The molecule has 0 spiro atoms. The molecule has 1 amide bonds. The average molecular weight is 295 g/mol. The van der Waals surface area contributed by atoms with E-state index in [0.29, 0.717) is 17.9 Å². The van der Waals surface area contributed by atoms with Crippen molar-refractivity contribution in [1.29, 1.82) is 0 Å². The summed E-state index contributed by atoms with van der Waals surface area (Å²) in [6.07, 6.45) is -1.45. The topological polar surface area (TPSA) is 60.7 Å². The zero-order chi connectivity index (χ0) is 14.9. The highest BCUT2D eigenvalue weighted by Gasteiger charge is 2.43. The number of ether oxygens (including phenoxy) is 2. The number of hydrogen-bond donors (Lipinski definition) is 1. The van der Waals surface area contributed by atoms with Crippen molar-refractivity contribution in [2.75, 3.05) is 5.32 Å². The van der Waals surface area contributed by atoms with Crippen LogP contribution in [0.5, 0.6) is 11.5 Å². The number of benzene rings is 1. The number of nitrogens with one attached hydrogen (secondary N) is 1. The van der Waals surface area contributed by atoms with Crippen molar-refractivity contribution in [2.24, 2.45) is 0 Å². The van der Waals surface area contributed by atoms with Gasteiger partial charge >= 0.3 is 6.29 Å². The Bertz CT molecular complexity index is 655. The first kappa shape index (κ1) is 13.4. The highest BCUT2D eigenvalue weighted by molar-refractivity contribution is 5.91. The van der Waals surface area contributed by atoms with E-state index in [4.69, 9.17) is 4.42 Å². The predicted molar refractivity (Wildman–Crippen MR) is 68.3 cm³/mol. The van der Waals surface area contributed by atoms with Crippen LogP contribution in [0.15, 0.2) is 41.0 Å². The molecule has 3 rings (SSSR count). The van der Waals surface area contributed by atoms with Gasteiger partial charge in [-0.3, -0.25) is 4.79 Å². The van der Waals surface area contributed by atoms with Crippen LogP contribution in [-0.4, -0.2) is 12.2 Å². The van der Waals surface area contributed by atoms with Crippen molar-refractivity contribution in [3.05, 3.63) is 42.4 Å². The van der Waals surface area contributed by atoms with Crippen LogP contribution in [0.25, 0.3) is 0 Å². The molecule has 1 aliphatic rings. The Kier molecular flexibility index (Phi) is 3.25. The van der Waals surface area contributed by atoms with Crippen molar-refractivity contribution in [3.8, 4) is 11.5 Å². The third kappa shape index (κ3) is 3.13. The molecule has 0 radical (unpaired) electrons. The molecule has 0 atom stereocenters. The maximum Gasteiger partial charge on any atom is 0.586 e. The van der Waals surface area contributed by atoms with Gasteiger partial charge in [0.15, 0.2) is 11.5 Å². The molecule has 0 saturated heterocycles. The van der Waals surface area contributed by atoms with E-state index in [-0.39, 0.29) is 23.8 Å². The molecule has 1 aromatic carbocycles. The van der Waals surface area contributed by atoms with E-state index >= 15 is 0 Å². The standard InChI is InChI=1S/C14H11F2NO4/c15-14(16)20-11-5-3-9(8-12(11)21-14)17-13(18)6-4-10-2-1-7-19-10/h1-3,5,7-8H,4,6H2,(H,17,18). The minimum absolute atomic E-state index is 0.0615. The van der Waals surface area contributed by atoms with Gasteiger partial charge in [0, 0.05) is 24.6 Å². The van der Waals surface area contributed by atoms with Crippen LogP contribution in [0.4, 0.5) is 14.5 Å². The van der Waals surface area contributed by atoms with Gasteiger partial charge in [-0.15, -0.1) is 8.78 Å². The minimum atomic E-state index is -3.66. The first-order chi connectivity index (χ1) is 10.0. The maximum atomic E-state index is 12.9. The fourth-order valence-corrected chi connectivity index (χ4v) is 1.94. The Morgan fingerprint density at radius 2 is 2.00 bits per heavy atom. The summed E-state index contributed by atoms with van der Waals surface area (Å²) in [7, 11) is 0. The van der Waals surface area contributed by atoms with Crippen LogP contribution >= 0.6 is 0 Å². The zero-order valence-electron chi connectivity index (χ0n) is 10.8. The maximum absolute atomic E-state index is 12.9. The van der Waals surface area contributed by atoms with Crippen LogP contribution in [0, 0.1) is 0 Å². The number of amides is 1. The van der Waals surface area contributed by atoms with Gasteiger partial charge in [-0.2, -0.15) is 0 Å². The molecule has 0 fully saturated rings. The molecular weight excluding hydrogens is 284 g/mol. The Labute approximate surface area is 118 Å². The highest BCUT2D eigenvalue weighted by Crippen LogP contribution is 2.42. The van der Waals surface area contributed by atoms with Crippen LogP contribution in [0.2, 0.25) is 0 Å². The van der Waals surface area contributed by atoms with Crippen LogP contribution < -0.4 is 14.8 Å². The number of fused-ring (bicyclic) bond motifs is 1. The Balaban J connectivity index is 1.60. The Morgan fingerprint density at radius 1 is 1.19 bits per heavy atom. The molecule has 0 unspecified atom stereocenters. The number of halogens is 2. The van der Waals surface area contributed by atoms with Crippen LogP contribution in [0.3, 0.4) is 0 Å². The molecule has 21 heavy (non-hydrogen) atoms.